The van der Waals surface area contributed by atoms with Crippen molar-refractivity contribution < 1.29 is 4.84 Å². The second-order valence-electron chi connectivity index (χ2n) is 3.87. The van der Waals surface area contributed by atoms with E-state index in [1.165, 1.54) is 0 Å². The van der Waals surface area contributed by atoms with Crippen molar-refractivity contribution in [2.45, 2.75) is 13.3 Å². The van der Waals surface area contributed by atoms with Crippen LogP contribution in [-0.2, 0) is 6.42 Å². The number of aryl methyl sites for hydroxylation is 1. The van der Waals surface area contributed by atoms with Gasteiger partial charge in [-0.05, 0) is 6.07 Å². The first-order valence-electron chi connectivity index (χ1n) is 5.64. The molecule has 0 fully saturated rings. The summed E-state index contributed by atoms with van der Waals surface area (Å²) in [6.45, 7) is 2.06. The summed E-state index contributed by atoms with van der Waals surface area (Å²) in [5.74, 6) is 0.917. The minimum Gasteiger partial charge on any atom is -0.415 e. The topological polar surface area (TPSA) is 39.9 Å². The van der Waals surface area contributed by atoms with E-state index in [2.05, 4.69) is 16.9 Å². The van der Waals surface area contributed by atoms with Gasteiger partial charge in [-0.1, -0.05) is 25.1 Å². The lowest BCUT2D eigenvalue weighted by Gasteiger charge is -2.06. The van der Waals surface area contributed by atoms with Crippen LogP contribution >= 0.6 is 0 Å². The smallest absolute Gasteiger partial charge is 0.145 e. The van der Waals surface area contributed by atoms with E-state index in [1.807, 2.05) is 24.3 Å². The van der Waals surface area contributed by atoms with Crippen molar-refractivity contribution in [3.8, 4) is 0 Å². The predicted octanol–water partition coefficient (Wildman–Crippen LogP) is 2.21. The monoisotopic (exact) mass is 227 g/mol. The van der Waals surface area contributed by atoms with Gasteiger partial charge in [-0.2, -0.15) is 4.73 Å². The van der Waals surface area contributed by atoms with Crippen molar-refractivity contribution >= 4 is 21.9 Å². The molecule has 0 unspecified atom stereocenters. The Bertz CT molecular complexity index is 688. The molecule has 2 aromatic heterocycles. The number of imidazole rings is 1. The number of aromatic nitrogens is 3. The second kappa shape index (κ2) is 3.73. The number of para-hydroxylation sites is 1. The van der Waals surface area contributed by atoms with Crippen molar-refractivity contribution in [3.63, 3.8) is 0 Å². The standard InChI is InChI=1S/C13H13N3O/c1-3-12-15-11-8-14-10-7-5-4-6-9(10)13(11)16(12)17-2/h4-8H,3H2,1-2H3. The van der Waals surface area contributed by atoms with Gasteiger partial charge in [-0.25, -0.2) is 4.98 Å². The Labute approximate surface area is 98.8 Å². The lowest BCUT2D eigenvalue weighted by Crippen LogP contribution is -2.09. The minimum absolute atomic E-state index is 0.830. The Hall–Kier alpha value is -2.10. The number of hydrogen-bond donors (Lipinski definition) is 0. The van der Waals surface area contributed by atoms with E-state index >= 15 is 0 Å². The van der Waals surface area contributed by atoms with Gasteiger partial charge in [0.25, 0.3) is 0 Å². The Morgan fingerprint density at radius 2 is 2.06 bits per heavy atom. The maximum Gasteiger partial charge on any atom is 0.145 e. The Kier molecular flexibility index (Phi) is 2.21. The summed E-state index contributed by atoms with van der Waals surface area (Å²) in [5, 5.41) is 1.07. The maximum atomic E-state index is 5.42. The predicted molar refractivity (Wildman–Crippen MR) is 66.9 cm³/mol. The molecule has 0 aliphatic carbocycles. The molecule has 4 nitrogen and oxygen atoms in total. The van der Waals surface area contributed by atoms with E-state index in [0.29, 0.717) is 0 Å². The van der Waals surface area contributed by atoms with Gasteiger partial charge >= 0.3 is 0 Å². The summed E-state index contributed by atoms with van der Waals surface area (Å²) >= 11 is 0. The van der Waals surface area contributed by atoms with E-state index in [-0.39, 0.29) is 0 Å². The molecule has 0 saturated heterocycles. The van der Waals surface area contributed by atoms with Crippen molar-refractivity contribution in [1.29, 1.82) is 0 Å². The summed E-state index contributed by atoms with van der Waals surface area (Å²) in [4.78, 5) is 14.4. The summed E-state index contributed by atoms with van der Waals surface area (Å²) in [6, 6.07) is 8.02. The van der Waals surface area contributed by atoms with Crippen LogP contribution in [0.3, 0.4) is 0 Å². The number of fused-ring (bicyclic) bond motifs is 3. The van der Waals surface area contributed by atoms with Crippen LogP contribution in [0.15, 0.2) is 30.5 Å². The highest BCUT2D eigenvalue weighted by atomic mass is 16.6. The van der Waals surface area contributed by atoms with Crippen LogP contribution in [0.4, 0.5) is 0 Å². The molecule has 1 aromatic carbocycles. The quantitative estimate of drug-likeness (QED) is 0.673. The molecular weight excluding hydrogens is 214 g/mol. The number of pyridine rings is 1. The van der Waals surface area contributed by atoms with Gasteiger partial charge in [-0.15, -0.1) is 0 Å². The molecule has 0 N–H and O–H groups in total. The fourth-order valence-electron chi connectivity index (χ4n) is 2.14. The van der Waals surface area contributed by atoms with Gasteiger partial charge in [-0.3, -0.25) is 4.98 Å². The molecule has 2 heterocycles. The number of rotatable bonds is 2. The third-order valence-corrected chi connectivity index (χ3v) is 2.91. The highest BCUT2D eigenvalue weighted by Gasteiger charge is 2.12. The normalized spacial score (nSPS) is 11.2. The molecule has 0 radical (unpaired) electrons. The van der Waals surface area contributed by atoms with Gasteiger partial charge < -0.3 is 4.84 Å². The zero-order valence-corrected chi connectivity index (χ0v) is 9.84. The van der Waals surface area contributed by atoms with E-state index in [4.69, 9.17) is 4.84 Å². The van der Waals surface area contributed by atoms with Gasteiger partial charge in [0.15, 0.2) is 0 Å². The largest absolute Gasteiger partial charge is 0.415 e. The van der Waals surface area contributed by atoms with Crippen LogP contribution in [0, 0.1) is 0 Å². The molecule has 17 heavy (non-hydrogen) atoms. The molecule has 0 bridgehead atoms. The third-order valence-electron chi connectivity index (χ3n) is 2.91. The molecule has 0 amide bonds. The van der Waals surface area contributed by atoms with Crippen LogP contribution < -0.4 is 4.84 Å². The molecule has 0 atom stereocenters. The molecular formula is C13H13N3O. The average Bonchev–Trinajstić information content (AvgIpc) is 2.76. The van der Waals surface area contributed by atoms with E-state index in [9.17, 15) is 0 Å². The first-order chi connectivity index (χ1) is 8.35. The zero-order valence-electron chi connectivity index (χ0n) is 9.84. The van der Waals surface area contributed by atoms with Crippen LogP contribution in [0.5, 0.6) is 0 Å². The summed E-state index contributed by atoms with van der Waals surface area (Å²) in [7, 11) is 1.66. The van der Waals surface area contributed by atoms with Crippen molar-refractivity contribution in [2.75, 3.05) is 7.11 Å². The average molecular weight is 227 g/mol. The van der Waals surface area contributed by atoms with Gasteiger partial charge in [0.2, 0.25) is 0 Å². The molecule has 0 spiro atoms. The van der Waals surface area contributed by atoms with Crippen molar-refractivity contribution in [1.82, 2.24) is 14.7 Å². The molecule has 3 rings (SSSR count). The number of nitrogens with zero attached hydrogens (tertiary/aromatic N) is 3. The summed E-state index contributed by atoms with van der Waals surface area (Å²) in [5.41, 5.74) is 2.83. The third kappa shape index (κ3) is 1.37. The molecule has 3 aromatic rings. The van der Waals surface area contributed by atoms with Crippen molar-refractivity contribution in [3.05, 3.63) is 36.3 Å². The molecule has 0 saturated carbocycles. The lowest BCUT2D eigenvalue weighted by atomic mass is 10.2. The Morgan fingerprint density at radius 3 is 2.82 bits per heavy atom. The SMILES string of the molecule is CCc1nc2cnc3ccccc3c2n1OC. The Morgan fingerprint density at radius 1 is 1.24 bits per heavy atom. The second-order valence-corrected chi connectivity index (χ2v) is 3.87. The first-order valence-corrected chi connectivity index (χ1v) is 5.64. The van der Waals surface area contributed by atoms with Crippen LogP contribution in [-0.4, -0.2) is 21.8 Å². The molecule has 0 aliphatic heterocycles. The van der Waals surface area contributed by atoms with Crippen molar-refractivity contribution in [2.24, 2.45) is 0 Å². The van der Waals surface area contributed by atoms with Crippen LogP contribution in [0.2, 0.25) is 0 Å². The minimum atomic E-state index is 0.830. The molecule has 0 aliphatic rings. The number of hydrogen-bond acceptors (Lipinski definition) is 3. The van der Waals surface area contributed by atoms with Crippen LogP contribution in [0.1, 0.15) is 12.7 Å². The number of benzene rings is 1. The maximum absolute atomic E-state index is 5.42. The zero-order chi connectivity index (χ0) is 11.8. The fraction of sp³-hybridized carbons (Fsp3) is 0.231. The first kappa shape index (κ1) is 10.1. The van der Waals surface area contributed by atoms with Gasteiger partial charge in [0, 0.05) is 11.8 Å². The summed E-state index contributed by atoms with van der Waals surface area (Å²) in [6.07, 6.45) is 2.63. The molecule has 86 valence electrons. The summed E-state index contributed by atoms with van der Waals surface area (Å²) < 4.78 is 1.79. The molecule has 4 heteroatoms. The fourth-order valence-corrected chi connectivity index (χ4v) is 2.14. The lowest BCUT2D eigenvalue weighted by molar-refractivity contribution is 0.169. The van der Waals surface area contributed by atoms with E-state index < -0.39 is 0 Å². The van der Waals surface area contributed by atoms with Crippen LogP contribution in [0.25, 0.3) is 21.9 Å². The highest BCUT2D eigenvalue weighted by molar-refractivity contribution is 6.02. The highest BCUT2D eigenvalue weighted by Crippen LogP contribution is 2.23. The van der Waals surface area contributed by atoms with E-state index in [1.54, 1.807) is 18.0 Å². The Balaban J connectivity index is 2.51. The van der Waals surface area contributed by atoms with Gasteiger partial charge in [0.05, 0.1) is 11.7 Å². The van der Waals surface area contributed by atoms with Gasteiger partial charge in [0.1, 0.15) is 24.0 Å². The van der Waals surface area contributed by atoms with E-state index in [0.717, 1.165) is 34.2 Å².